The van der Waals surface area contributed by atoms with Gasteiger partial charge >= 0.3 is 0 Å². The first-order valence-corrected chi connectivity index (χ1v) is 7.95. The summed E-state index contributed by atoms with van der Waals surface area (Å²) >= 11 is 2.29. The number of ether oxygens (including phenoxy) is 1. The molecule has 22 heavy (non-hydrogen) atoms. The first kappa shape index (κ1) is 14.8. The van der Waals surface area contributed by atoms with Crippen LogP contribution >= 0.6 is 22.6 Å². The monoisotopic (exact) mass is 402 g/mol. The topological polar surface area (TPSA) is 26.5 Å². The molecule has 3 rings (SSSR count). The normalized spacial score (nSPS) is 11.0. The summed E-state index contributed by atoms with van der Waals surface area (Å²) in [7, 11) is 1.67. The molecule has 0 N–H and O–H groups in total. The fraction of sp³-hybridized carbons (Fsp3) is 0.0556. The molecule has 0 saturated heterocycles. The lowest BCUT2D eigenvalue weighted by atomic mass is 10.3. The van der Waals surface area contributed by atoms with Crippen LogP contribution in [0.3, 0.4) is 0 Å². The van der Waals surface area contributed by atoms with Crippen LogP contribution in [0.15, 0.2) is 71.9 Å². The van der Waals surface area contributed by atoms with Crippen molar-refractivity contribution in [2.45, 2.75) is 0 Å². The van der Waals surface area contributed by atoms with E-state index in [1.54, 1.807) is 7.11 Å². The second-order valence-electron chi connectivity index (χ2n) is 4.74. The summed E-state index contributed by atoms with van der Waals surface area (Å²) in [6.45, 7) is 0. The van der Waals surface area contributed by atoms with E-state index in [0.717, 1.165) is 22.8 Å². The van der Waals surface area contributed by atoms with Gasteiger partial charge in [-0.15, -0.1) is 0 Å². The maximum Gasteiger partial charge on any atom is 0.119 e. The summed E-state index contributed by atoms with van der Waals surface area (Å²) in [6.07, 6.45) is 3.91. The van der Waals surface area contributed by atoms with Crippen LogP contribution in [0.4, 0.5) is 5.69 Å². The van der Waals surface area contributed by atoms with E-state index in [1.165, 1.54) is 3.57 Å². The van der Waals surface area contributed by atoms with E-state index in [0.29, 0.717) is 0 Å². The van der Waals surface area contributed by atoms with Crippen molar-refractivity contribution < 1.29 is 4.74 Å². The quantitative estimate of drug-likeness (QED) is 0.453. The summed E-state index contributed by atoms with van der Waals surface area (Å²) in [5, 5.41) is 0. The standard InChI is InChI=1S/C18H15IN2O/c1-22-18-9-7-16(8-10-18)21-11-3-6-17(21)13-20-15-5-2-4-14(19)12-15/h2-13H,1H3. The zero-order chi connectivity index (χ0) is 15.4. The Balaban J connectivity index is 1.88. The highest BCUT2D eigenvalue weighted by molar-refractivity contribution is 14.1. The molecule has 0 aliphatic heterocycles. The predicted molar refractivity (Wildman–Crippen MR) is 98.7 cm³/mol. The van der Waals surface area contributed by atoms with Crippen LogP contribution in [0.1, 0.15) is 5.69 Å². The summed E-state index contributed by atoms with van der Waals surface area (Å²) in [5.41, 5.74) is 3.06. The second-order valence-corrected chi connectivity index (χ2v) is 5.98. The number of methoxy groups -OCH3 is 1. The molecule has 0 aliphatic carbocycles. The summed E-state index contributed by atoms with van der Waals surface area (Å²) in [4.78, 5) is 4.55. The molecular weight excluding hydrogens is 387 g/mol. The number of hydrogen-bond acceptors (Lipinski definition) is 2. The van der Waals surface area contributed by atoms with Gasteiger partial charge in [-0.3, -0.25) is 4.99 Å². The Morgan fingerprint density at radius 3 is 2.59 bits per heavy atom. The minimum atomic E-state index is 0.852. The average Bonchev–Trinajstić information content (AvgIpc) is 3.01. The Bertz CT molecular complexity index is 791. The number of halogens is 1. The fourth-order valence-corrected chi connectivity index (χ4v) is 2.70. The van der Waals surface area contributed by atoms with E-state index >= 15 is 0 Å². The van der Waals surface area contributed by atoms with Gasteiger partial charge in [-0.25, -0.2) is 0 Å². The molecule has 3 nitrogen and oxygen atoms in total. The van der Waals surface area contributed by atoms with Crippen LogP contribution in [-0.4, -0.2) is 17.9 Å². The molecule has 3 aromatic rings. The van der Waals surface area contributed by atoms with Crippen molar-refractivity contribution in [3.63, 3.8) is 0 Å². The van der Waals surface area contributed by atoms with Crippen molar-refractivity contribution in [1.29, 1.82) is 0 Å². The van der Waals surface area contributed by atoms with Crippen molar-refractivity contribution in [3.05, 3.63) is 76.1 Å². The number of rotatable bonds is 4. The van der Waals surface area contributed by atoms with Gasteiger partial charge in [0.05, 0.1) is 24.7 Å². The van der Waals surface area contributed by atoms with Crippen LogP contribution < -0.4 is 4.74 Å². The molecule has 0 atom stereocenters. The van der Waals surface area contributed by atoms with Gasteiger partial charge in [-0.2, -0.15) is 0 Å². The molecule has 0 bridgehead atoms. The maximum absolute atomic E-state index is 5.20. The highest BCUT2D eigenvalue weighted by Gasteiger charge is 2.01. The molecule has 1 aromatic heterocycles. The van der Waals surface area contributed by atoms with E-state index in [-0.39, 0.29) is 0 Å². The lowest BCUT2D eigenvalue weighted by Gasteiger charge is -2.07. The number of aromatic nitrogens is 1. The summed E-state index contributed by atoms with van der Waals surface area (Å²) in [6, 6.07) is 20.1. The first-order valence-electron chi connectivity index (χ1n) is 6.88. The molecule has 0 amide bonds. The van der Waals surface area contributed by atoms with E-state index in [2.05, 4.69) is 44.3 Å². The van der Waals surface area contributed by atoms with Gasteiger partial charge in [0, 0.05) is 15.5 Å². The zero-order valence-corrected chi connectivity index (χ0v) is 14.3. The van der Waals surface area contributed by atoms with E-state index in [1.807, 2.05) is 60.9 Å². The number of aliphatic imine (C=N–C) groups is 1. The molecule has 0 unspecified atom stereocenters. The molecule has 0 saturated carbocycles. The van der Waals surface area contributed by atoms with Gasteiger partial charge < -0.3 is 9.30 Å². The SMILES string of the molecule is COc1ccc(-n2cccc2C=Nc2cccc(I)c2)cc1. The summed E-state index contributed by atoms with van der Waals surface area (Å²) < 4.78 is 8.47. The van der Waals surface area contributed by atoms with Gasteiger partial charge in [0.25, 0.3) is 0 Å². The van der Waals surface area contributed by atoms with Crippen molar-refractivity contribution in [3.8, 4) is 11.4 Å². The van der Waals surface area contributed by atoms with Gasteiger partial charge in [-0.1, -0.05) is 6.07 Å². The molecular formula is C18H15IN2O. The first-order chi connectivity index (χ1) is 10.8. The van der Waals surface area contributed by atoms with Crippen molar-refractivity contribution in [1.82, 2.24) is 4.57 Å². The van der Waals surface area contributed by atoms with E-state index < -0.39 is 0 Å². The molecule has 4 heteroatoms. The number of benzene rings is 2. The highest BCUT2D eigenvalue weighted by Crippen LogP contribution is 2.18. The molecule has 0 radical (unpaired) electrons. The van der Waals surface area contributed by atoms with E-state index in [4.69, 9.17) is 4.74 Å². The van der Waals surface area contributed by atoms with Crippen molar-refractivity contribution in [2.75, 3.05) is 7.11 Å². The highest BCUT2D eigenvalue weighted by atomic mass is 127. The fourth-order valence-electron chi connectivity index (χ4n) is 2.17. The van der Waals surface area contributed by atoms with Gasteiger partial charge in [0.1, 0.15) is 5.75 Å². The Morgan fingerprint density at radius 2 is 1.86 bits per heavy atom. The molecule has 0 fully saturated rings. The Kier molecular flexibility index (Phi) is 4.58. The minimum Gasteiger partial charge on any atom is -0.497 e. The van der Waals surface area contributed by atoms with E-state index in [9.17, 15) is 0 Å². The predicted octanol–water partition coefficient (Wildman–Crippen LogP) is 4.84. The van der Waals surface area contributed by atoms with Crippen LogP contribution in [0.5, 0.6) is 5.75 Å². The Labute approximate surface area is 143 Å². The molecule has 0 aliphatic rings. The third-order valence-corrected chi connectivity index (χ3v) is 3.96. The largest absolute Gasteiger partial charge is 0.497 e. The van der Waals surface area contributed by atoms with Gasteiger partial charge in [-0.05, 0) is 77.2 Å². The summed E-state index contributed by atoms with van der Waals surface area (Å²) in [5.74, 6) is 0.852. The third kappa shape index (κ3) is 3.39. The molecule has 1 heterocycles. The van der Waals surface area contributed by atoms with Crippen LogP contribution in [0, 0.1) is 3.57 Å². The third-order valence-electron chi connectivity index (χ3n) is 3.28. The molecule has 0 spiro atoms. The molecule has 110 valence electrons. The minimum absolute atomic E-state index is 0.852. The maximum atomic E-state index is 5.20. The second kappa shape index (κ2) is 6.79. The zero-order valence-electron chi connectivity index (χ0n) is 12.1. The van der Waals surface area contributed by atoms with Crippen LogP contribution in [-0.2, 0) is 0 Å². The van der Waals surface area contributed by atoms with Crippen molar-refractivity contribution in [2.24, 2.45) is 4.99 Å². The molecule has 2 aromatic carbocycles. The Hall–Kier alpha value is -2.08. The number of nitrogens with zero attached hydrogens (tertiary/aromatic N) is 2. The van der Waals surface area contributed by atoms with Crippen LogP contribution in [0.25, 0.3) is 5.69 Å². The Morgan fingerprint density at radius 1 is 1.05 bits per heavy atom. The van der Waals surface area contributed by atoms with Gasteiger partial charge in [0.15, 0.2) is 0 Å². The lowest BCUT2D eigenvalue weighted by Crippen LogP contribution is -1.97. The van der Waals surface area contributed by atoms with Crippen LogP contribution in [0.2, 0.25) is 0 Å². The smallest absolute Gasteiger partial charge is 0.119 e. The number of hydrogen-bond donors (Lipinski definition) is 0. The van der Waals surface area contributed by atoms with Gasteiger partial charge in [0.2, 0.25) is 0 Å². The average molecular weight is 402 g/mol. The van der Waals surface area contributed by atoms with Crippen molar-refractivity contribution >= 4 is 34.5 Å². The lowest BCUT2D eigenvalue weighted by molar-refractivity contribution is 0.415.